The van der Waals surface area contributed by atoms with E-state index in [-0.39, 0.29) is 0 Å². The molecule has 2 aromatic rings. The van der Waals surface area contributed by atoms with Crippen LogP contribution in [0.2, 0.25) is 5.02 Å². The van der Waals surface area contributed by atoms with Crippen molar-refractivity contribution in [2.24, 2.45) is 0 Å². The van der Waals surface area contributed by atoms with Gasteiger partial charge in [-0.25, -0.2) is 5.32 Å². The minimum Gasteiger partial charge on any atom is -0.497 e. The molecule has 0 heterocycles. The summed E-state index contributed by atoms with van der Waals surface area (Å²) in [6.07, 6.45) is -3.04. The number of amides is 1. The molecular formula is C18H16ClF3N3O2+. The Morgan fingerprint density at radius 3 is 2.67 bits per heavy atom. The molecule has 142 valence electrons. The molecule has 1 amide bonds. The van der Waals surface area contributed by atoms with E-state index in [2.05, 4.69) is 10.9 Å². The Morgan fingerprint density at radius 2 is 2.00 bits per heavy atom. The lowest BCUT2D eigenvalue weighted by Gasteiger charge is -2.13. The van der Waals surface area contributed by atoms with Gasteiger partial charge >= 0.3 is 6.30 Å². The van der Waals surface area contributed by atoms with Gasteiger partial charge in [-0.2, -0.15) is 0 Å². The second kappa shape index (κ2) is 7.50. The van der Waals surface area contributed by atoms with Crippen molar-refractivity contribution in [1.29, 1.82) is 0 Å². The quantitative estimate of drug-likeness (QED) is 0.536. The molecule has 0 bridgehead atoms. The van der Waals surface area contributed by atoms with Crippen molar-refractivity contribution in [3.05, 3.63) is 70.3 Å². The number of halogens is 4. The summed E-state index contributed by atoms with van der Waals surface area (Å²) in [6, 6.07) is 10.2. The van der Waals surface area contributed by atoms with Crippen LogP contribution in [0.5, 0.6) is 5.75 Å². The highest BCUT2D eigenvalue weighted by Crippen LogP contribution is 2.34. The van der Waals surface area contributed by atoms with Gasteiger partial charge in [0.2, 0.25) is 0 Å². The van der Waals surface area contributed by atoms with Gasteiger partial charge < -0.3 is 4.74 Å². The van der Waals surface area contributed by atoms with Crippen LogP contribution in [0.3, 0.4) is 0 Å². The van der Waals surface area contributed by atoms with Gasteiger partial charge in [-0.15, -0.1) is 13.2 Å². The molecular weight excluding hydrogens is 383 g/mol. The highest BCUT2D eigenvalue weighted by molar-refractivity contribution is 6.30. The van der Waals surface area contributed by atoms with Crippen LogP contribution in [0.15, 0.2) is 48.5 Å². The zero-order chi connectivity index (χ0) is 19.6. The van der Waals surface area contributed by atoms with E-state index < -0.39 is 18.2 Å². The number of rotatable bonds is 5. The third kappa shape index (κ3) is 4.53. The van der Waals surface area contributed by atoms with Gasteiger partial charge in [-0.1, -0.05) is 17.7 Å². The van der Waals surface area contributed by atoms with Crippen LogP contribution < -0.4 is 20.9 Å². The first-order valence-corrected chi connectivity index (χ1v) is 8.29. The van der Waals surface area contributed by atoms with E-state index in [0.717, 1.165) is 0 Å². The lowest BCUT2D eigenvalue weighted by Crippen LogP contribution is -2.93. The maximum absolute atomic E-state index is 12.9. The number of nitrogens with one attached hydrogen (secondary N) is 2. The van der Waals surface area contributed by atoms with E-state index in [0.29, 0.717) is 38.5 Å². The number of hydrazine groups is 1. The first-order chi connectivity index (χ1) is 12.8. The second-order valence-electron chi connectivity index (χ2n) is 5.86. The van der Waals surface area contributed by atoms with Crippen LogP contribution in [-0.4, -0.2) is 19.3 Å². The van der Waals surface area contributed by atoms with Gasteiger partial charge in [0.1, 0.15) is 11.8 Å². The van der Waals surface area contributed by atoms with E-state index in [4.69, 9.17) is 16.3 Å². The summed E-state index contributed by atoms with van der Waals surface area (Å²) in [4.78, 5) is 12.2. The minimum atomic E-state index is -4.44. The van der Waals surface area contributed by atoms with Crippen molar-refractivity contribution < 1.29 is 28.0 Å². The molecule has 0 fully saturated rings. The topological polar surface area (TPSA) is 67.0 Å². The number of carbonyl (C=O) groups excluding carboxylic acids is 1. The maximum atomic E-state index is 12.9. The molecule has 1 aliphatic rings. The Kier molecular flexibility index (Phi) is 5.29. The SMILES string of the molecule is COc1ccc2c(c1)[C@@H]([NH2+]C(F)(F)F)C=C2NNC(=O)c1cccc(Cl)c1. The smallest absolute Gasteiger partial charge is 0.497 e. The Hall–Kier alpha value is -2.71. The van der Waals surface area contributed by atoms with E-state index in [1.54, 1.807) is 36.4 Å². The molecule has 0 unspecified atom stereocenters. The van der Waals surface area contributed by atoms with Crippen LogP contribution in [0.4, 0.5) is 13.2 Å². The number of hydrogen-bond acceptors (Lipinski definition) is 3. The Bertz CT molecular complexity index is 900. The first kappa shape index (κ1) is 19.1. The van der Waals surface area contributed by atoms with E-state index in [1.807, 2.05) is 0 Å². The summed E-state index contributed by atoms with van der Waals surface area (Å²) in [5.74, 6) is -0.0105. The average molecular weight is 399 g/mol. The van der Waals surface area contributed by atoms with E-state index >= 15 is 0 Å². The van der Waals surface area contributed by atoms with Gasteiger partial charge in [0.15, 0.2) is 0 Å². The number of methoxy groups -OCH3 is 1. The molecule has 1 atom stereocenters. The van der Waals surface area contributed by atoms with Crippen molar-refractivity contribution in [1.82, 2.24) is 10.9 Å². The van der Waals surface area contributed by atoms with Gasteiger partial charge in [-0.05, 0) is 36.4 Å². The molecule has 9 heteroatoms. The maximum Gasteiger partial charge on any atom is 0.558 e. The van der Waals surface area contributed by atoms with Crippen LogP contribution in [-0.2, 0) is 0 Å². The highest BCUT2D eigenvalue weighted by atomic mass is 35.5. The Balaban J connectivity index is 1.80. The lowest BCUT2D eigenvalue weighted by atomic mass is 10.1. The molecule has 0 aliphatic heterocycles. The fraction of sp³-hybridized carbons (Fsp3) is 0.167. The number of ether oxygens (including phenoxy) is 1. The second-order valence-corrected chi connectivity index (χ2v) is 6.29. The summed E-state index contributed by atoms with van der Waals surface area (Å²) >= 11 is 5.86. The van der Waals surface area contributed by atoms with Crippen LogP contribution in [0.1, 0.15) is 27.5 Å². The summed E-state index contributed by atoms with van der Waals surface area (Å²) in [5, 5.41) is 0.693. The predicted octanol–water partition coefficient (Wildman–Crippen LogP) is 2.76. The zero-order valence-corrected chi connectivity index (χ0v) is 14.9. The molecule has 0 aromatic heterocycles. The average Bonchev–Trinajstić information content (AvgIpc) is 2.94. The molecule has 0 radical (unpaired) electrons. The normalized spacial score (nSPS) is 15.7. The largest absolute Gasteiger partial charge is 0.558 e. The molecule has 2 aromatic carbocycles. The van der Waals surface area contributed by atoms with Crippen LogP contribution in [0.25, 0.3) is 5.70 Å². The molecule has 0 saturated heterocycles. The zero-order valence-electron chi connectivity index (χ0n) is 14.1. The van der Waals surface area contributed by atoms with Gasteiger partial charge in [0.05, 0.1) is 12.8 Å². The number of quaternary nitrogens is 1. The molecule has 27 heavy (non-hydrogen) atoms. The Labute approximate surface area is 158 Å². The van der Waals surface area contributed by atoms with Crippen LogP contribution >= 0.6 is 11.6 Å². The summed E-state index contributed by atoms with van der Waals surface area (Å²) in [7, 11) is 1.44. The van der Waals surface area contributed by atoms with E-state index in [9.17, 15) is 18.0 Å². The van der Waals surface area contributed by atoms with Crippen molar-refractivity contribution in [2.45, 2.75) is 12.3 Å². The molecule has 5 nitrogen and oxygen atoms in total. The fourth-order valence-corrected chi connectivity index (χ4v) is 3.01. The summed E-state index contributed by atoms with van der Waals surface area (Å²) < 4.78 is 43.7. The highest BCUT2D eigenvalue weighted by Gasteiger charge is 2.40. The molecule has 3 rings (SSSR count). The summed E-state index contributed by atoms with van der Waals surface area (Å²) in [6.45, 7) is 0. The monoisotopic (exact) mass is 398 g/mol. The van der Waals surface area contributed by atoms with Crippen molar-refractivity contribution in [3.8, 4) is 5.75 Å². The number of carbonyl (C=O) groups is 1. The van der Waals surface area contributed by atoms with E-state index in [1.165, 1.54) is 19.3 Å². The molecule has 0 saturated carbocycles. The standard InChI is InChI=1S/C18H15ClF3N3O2/c1-27-12-5-6-13-14(8-12)15(23-18(20,21)22)9-16(13)24-25-17(26)10-3-2-4-11(19)7-10/h2-9,15,23-24H,1H3,(H,25,26)/p+1/t15-/m0/s1. The number of fused-ring (bicyclic) bond motifs is 1. The number of alkyl halides is 3. The Morgan fingerprint density at radius 1 is 1.22 bits per heavy atom. The van der Waals surface area contributed by atoms with Crippen molar-refractivity contribution >= 4 is 23.2 Å². The summed E-state index contributed by atoms with van der Waals surface area (Å²) in [5.41, 5.74) is 6.85. The minimum absolute atomic E-state index is 0.290. The number of benzene rings is 2. The van der Waals surface area contributed by atoms with Crippen molar-refractivity contribution in [3.63, 3.8) is 0 Å². The number of nitrogens with two attached hydrogens (primary N) is 1. The molecule has 4 N–H and O–H groups in total. The lowest BCUT2D eigenvalue weighted by molar-refractivity contribution is -0.834. The van der Waals surface area contributed by atoms with Gasteiger partial charge in [-0.3, -0.25) is 15.6 Å². The van der Waals surface area contributed by atoms with Gasteiger partial charge in [0.25, 0.3) is 5.91 Å². The first-order valence-electron chi connectivity index (χ1n) is 7.91. The third-order valence-corrected chi connectivity index (χ3v) is 4.26. The molecule has 1 aliphatic carbocycles. The number of hydrogen-bond donors (Lipinski definition) is 3. The van der Waals surface area contributed by atoms with Crippen LogP contribution in [0, 0.1) is 0 Å². The molecule has 0 spiro atoms. The van der Waals surface area contributed by atoms with Crippen molar-refractivity contribution in [2.75, 3.05) is 7.11 Å². The van der Waals surface area contributed by atoms with Gasteiger partial charge in [0, 0.05) is 27.8 Å². The third-order valence-electron chi connectivity index (χ3n) is 4.02. The fourth-order valence-electron chi connectivity index (χ4n) is 2.82. The predicted molar refractivity (Wildman–Crippen MR) is 93.7 cm³/mol.